The van der Waals surface area contributed by atoms with Crippen molar-refractivity contribution < 1.29 is 23.0 Å². The summed E-state index contributed by atoms with van der Waals surface area (Å²) < 4.78 is 43.3. The molecule has 0 atom stereocenters. The van der Waals surface area contributed by atoms with Gasteiger partial charge in [-0.3, -0.25) is 0 Å². The molecule has 0 saturated carbocycles. The number of pyridine rings is 1. The van der Waals surface area contributed by atoms with E-state index in [2.05, 4.69) is 10.4 Å². The molecule has 0 radical (unpaired) electrons. The van der Waals surface area contributed by atoms with Crippen LogP contribution in [0.4, 0.5) is 24.8 Å². The topological polar surface area (TPSA) is 83.6 Å². The molecule has 0 aliphatic rings. The van der Waals surface area contributed by atoms with Crippen molar-refractivity contribution in [3.8, 4) is 0 Å². The number of anilines is 2. The fraction of sp³-hybridized carbons (Fsp3) is 0.545. The summed E-state index contributed by atoms with van der Waals surface area (Å²) in [6, 6.07) is 1.73. The maximum Gasteiger partial charge on any atom is 0.416 e. The number of hydrogen-bond acceptors (Lipinski definition) is 6. The van der Waals surface area contributed by atoms with Gasteiger partial charge in [-0.05, 0) is 12.1 Å². The summed E-state index contributed by atoms with van der Waals surface area (Å²) in [4.78, 5) is 5.45. The number of rotatable bonds is 7. The maximum absolute atomic E-state index is 12.8. The van der Waals surface area contributed by atoms with Crippen LogP contribution in [0.1, 0.15) is 5.56 Å². The van der Waals surface area contributed by atoms with Crippen molar-refractivity contribution in [1.82, 2.24) is 4.98 Å². The van der Waals surface area contributed by atoms with Gasteiger partial charge in [-0.25, -0.2) is 10.8 Å². The second-order valence-electron chi connectivity index (χ2n) is 3.94. The standard InChI is InChI=1S/C11H17F3N4O2/c1-20-5-3-18(2-4-19)10-7-8(11(12,13)14)6-9(16-10)17-15/h6-7,19H,2-5,15H2,1H3,(H,16,17). The van der Waals surface area contributed by atoms with Crippen LogP contribution in [0.3, 0.4) is 0 Å². The Bertz CT molecular complexity index is 429. The van der Waals surface area contributed by atoms with Gasteiger partial charge in [0.2, 0.25) is 0 Å². The van der Waals surface area contributed by atoms with Crippen LogP contribution in [0.25, 0.3) is 0 Å². The van der Waals surface area contributed by atoms with Gasteiger partial charge >= 0.3 is 6.18 Å². The number of halogens is 3. The first-order valence-electron chi connectivity index (χ1n) is 5.83. The van der Waals surface area contributed by atoms with Gasteiger partial charge in [0.1, 0.15) is 11.6 Å². The summed E-state index contributed by atoms with van der Waals surface area (Å²) in [6.45, 7) is 0.521. The Morgan fingerprint density at radius 2 is 2.10 bits per heavy atom. The lowest BCUT2D eigenvalue weighted by atomic mass is 10.2. The zero-order valence-electron chi connectivity index (χ0n) is 10.9. The van der Waals surface area contributed by atoms with E-state index in [-0.39, 0.29) is 24.8 Å². The third kappa shape index (κ3) is 4.51. The number of methoxy groups -OCH3 is 1. The molecule has 0 fully saturated rings. The minimum atomic E-state index is -4.50. The molecule has 20 heavy (non-hydrogen) atoms. The number of aromatic nitrogens is 1. The van der Waals surface area contributed by atoms with Crippen molar-refractivity contribution in [2.75, 3.05) is 43.7 Å². The molecule has 0 spiro atoms. The Balaban J connectivity index is 3.12. The second kappa shape index (κ2) is 7.27. The van der Waals surface area contributed by atoms with Gasteiger partial charge in [0, 0.05) is 20.2 Å². The molecule has 4 N–H and O–H groups in total. The van der Waals surface area contributed by atoms with Gasteiger partial charge < -0.3 is 20.2 Å². The number of hydrogen-bond donors (Lipinski definition) is 3. The largest absolute Gasteiger partial charge is 0.416 e. The minimum Gasteiger partial charge on any atom is -0.395 e. The highest BCUT2D eigenvalue weighted by atomic mass is 19.4. The van der Waals surface area contributed by atoms with Gasteiger partial charge in [-0.15, -0.1) is 0 Å². The van der Waals surface area contributed by atoms with E-state index in [9.17, 15) is 13.2 Å². The van der Waals surface area contributed by atoms with Gasteiger partial charge in [-0.1, -0.05) is 0 Å². The first-order valence-corrected chi connectivity index (χ1v) is 5.83. The molecule has 0 aromatic carbocycles. The molecule has 0 bridgehead atoms. The van der Waals surface area contributed by atoms with Crippen LogP contribution in [0.15, 0.2) is 12.1 Å². The van der Waals surface area contributed by atoms with E-state index in [1.807, 2.05) is 0 Å². The Morgan fingerprint density at radius 3 is 2.60 bits per heavy atom. The third-order valence-corrected chi connectivity index (χ3v) is 2.55. The van der Waals surface area contributed by atoms with Gasteiger partial charge in [0.05, 0.1) is 18.8 Å². The average Bonchev–Trinajstić information content (AvgIpc) is 2.42. The Morgan fingerprint density at radius 1 is 1.40 bits per heavy atom. The molecule has 1 aromatic rings. The number of ether oxygens (including phenoxy) is 1. The van der Waals surface area contributed by atoms with Crippen LogP contribution in [0.5, 0.6) is 0 Å². The summed E-state index contributed by atoms with van der Waals surface area (Å²) >= 11 is 0. The second-order valence-corrected chi connectivity index (χ2v) is 3.94. The number of nitrogens with two attached hydrogens (primary N) is 1. The van der Waals surface area contributed by atoms with E-state index in [1.165, 1.54) is 12.0 Å². The summed E-state index contributed by atoms with van der Waals surface area (Å²) in [7, 11) is 1.48. The molecule has 114 valence electrons. The molecule has 9 heteroatoms. The summed E-state index contributed by atoms with van der Waals surface area (Å²) in [5.74, 6) is 5.10. The van der Waals surface area contributed by atoms with Crippen molar-refractivity contribution in [2.45, 2.75) is 6.18 Å². The van der Waals surface area contributed by atoms with Crippen molar-refractivity contribution in [3.05, 3.63) is 17.7 Å². The Hall–Kier alpha value is -1.58. The maximum atomic E-state index is 12.8. The number of nitrogens with one attached hydrogen (secondary N) is 1. The van der Waals surface area contributed by atoms with Crippen LogP contribution >= 0.6 is 0 Å². The molecular weight excluding hydrogens is 277 g/mol. The molecule has 1 aromatic heterocycles. The van der Waals surface area contributed by atoms with Crippen molar-refractivity contribution >= 4 is 11.6 Å². The zero-order valence-corrected chi connectivity index (χ0v) is 10.9. The molecule has 0 saturated heterocycles. The fourth-order valence-corrected chi connectivity index (χ4v) is 1.58. The first-order chi connectivity index (χ1) is 9.42. The van der Waals surface area contributed by atoms with Crippen molar-refractivity contribution in [2.24, 2.45) is 5.84 Å². The van der Waals surface area contributed by atoms with E-state index >= 15 is 0 Å². The van der Waals surface area contributed by atoms with Crippen molar-refractivity contribution in [1.29, 1.82) is 0 Å². The van der Waals surface area contributed by atoms with Crippen LogP contribution in [-0.4, -0.2) is 43.5 Å². The Kier molecular flexibility index (Phi) is 5.99. The van der Waals surface area contributed by atoms with E-state index in [0.717, 1.165) is 12.1 Å². The normalized spacial score (nSPS) is 11.5. The predicted octanol–water partition coefficient (Wildman–Crippen LogP) is 0.831. The van der Waals surface area contributed by atoms with Gasteiger partial charge in [-0.2, -0.15) is 13.2 Å². The molecular formula is C11H17F3N4O2. The summed E-state index contributed by atoms with van der Waals surface area (Å²) in [5, 5.41) is 8.98. The fourth-order valence-electron chi connectivity index (χ4n) is 1.58. The van der Waals surface area contributed by atoms with Crippen molar-refractivity contribution in [3.63, 3.8) is 0 Å². The summed E-state index contributed by atoms with van der Waals surface area (Å²) in [5.41, 5.74) is 1.24. The smallest absolute Gasteiger partial charge is 0.395 e. The van der Waals surface area contributed by atoms with Crippen LogP contribution < -0.4 is 16.2 Å². The molecule has 6 nitrogen and oxygen atoms in total. The lowest BCUT2D eigenvalue weighted by Gasteiger charge is -2.24. The third-order valence-electron chi connectivity index (χ3n) is 2.55. The molecule has 0 amide bonds. The number of nitrogens with zero attached hydrogens (tertiary/aromatic N) is 2. The highest BCUT2D eigenvalue weighted by Gasteiger charge is 2.32. The van der Waals surface area contributed by atoms with E-state index in [1.54, 1.807) is 0 Å². The molecule has 0 aliphatic heterocycles. The van der Waals surface area contributed by atoms with Crippen LogP contribution in [0.2, 0.25) is 0 Å². The number of alkyl halides is 3. The molecule has 0 unspecified atom stereocenters. The minimum absolute atomic E-state index is 0.0684. The molecule has 1 rings (SSSR count). The monoisotopic (exact) mass is 294 g/mol. The van der Waals surface area contributed by atoms with Crippen LogP contribution in [0, 0.1) is 0 Å². The lowest BCUT2D eigenvalue weighted by molar-refractivity contribution is -0.137. The van der Waals surface area contributed by atoms with Gasteiger partial charge in [0.15, 0.2) is 0 Å². The quantitative estimate of drug-likeness (QED) is 0.510. The Labute approximate surface area is 114 Å². The number of aliphatic hydroxyl groups is 1. The zero-order chi connectivity index (χ0) is 15.2. The SMILES string of the molecule is COCCN(CCO)c1cc(C(F)(F)F)cc(NN)n1. The van der Waals surface area contributed by atoms with E-state index in [4.69, 9.17) is 15.7 Å². The average molecular weight is 294 g/mol. The number of aliphatic hydroxyl groups excluding tert-OH is 1. The van der Waals surface area contributed by atoms with Gasteiger partial charge in [0.25, 0.3) is 0 Å². The lowest BCUT2D eigenvalue weighted by Crippen LogP contribution is -2.31. The number of hydrazine groups is 1. The highest BCUT2D eigenvalue weighted by molar-refractivity contribution is 5.50. The first kappa shape index (κ1) is 16.5. The van der Waals surface area contributed by atoms with Crippen LogP contribution in [-0.2, 0) is 10.9 Å². The van der Waals surface area contributed by atoms with E-state index < -0.39 is 11.7 Å². The molecule has 0 aliphatic carbocycles. The highest BCUT2D eigenvalue weighted by Crippen LogP contribution is 2.32. The van der Waals surface area contributed by atoms with E-state index in [0.29, 0.717) is 13.2 Å². The number of nitrogen functional groups attached to an aromatic ring is 1. The predicted molar refractivity (Wildman–Crippen MR) is 68.2 cm³/mol. The molecule has 1 heterocycles. The summed E-state index contributed by atoms with van der Waals surface area (Å²) in [6.07, 6.45) is -4.50.